The van der Waals surface area contributed by atoms with Gasteiger partial charge >= 0.3 is 0 Å². The van der Waals surface area contributed by atoms with Crippen molar-refractivity contribution in [2.75, 3.05) is 13.2 Å². The van der Waals surface area contributed by atoms with Gasteiger partial charge in [-0.05, 0) is 37.1 Å². The molecule has 0 unspecified atom stereocenters. The molecular formula is C15H19N3O. The fraction of sp³-hybridized carbons (Fsp3) is 0.400. The van der Waals surface area contributed by atoms with Gasteiger partial charge in [-0.25, -0.2) is 4.98 Å². The minimum absolute atomic E-state index is 0.271. The van der Waals surface area contributed by atoms with Crippen LogP contribution in [0.4, 0.5) is 0 Å². The van der Waals surface area contributed by atoms with Crippen molar-refractivity contribution in [3.63, 3.8) is 0 Å². The largest absolute Gasteiger partial charge is 0.395 e. The number of nitrogens with zero attached hydrogens (tertiary/aromatic N) is 3. The van der Waals surface area contributed by atoms with Crippen LogP contribution in [0.1, 0.15) is 18.4 Å². The van der Waals surface area contributed by atoms with Crippen molar-refractivity contribution in [3.8, 4) is 5.69 Å². The smallest absolute Gasteiger partial charge is 0.0991 e. The summed E-state index contributed by atoms with van der Waals surface area (Å²) in [7, 11) is 0. The Hall–Kier alpha value is -1.65. The van der Waals surface area contributed by atoms with Crippen LogP contribution in [0, 0.1) is 0 Å². The van der Waals surface area contributed by atoms with Crippen molar-refractivity contribution in [2.45, 2.75) is 25.4 Å². The lowest BCUT2D eigenvalue weighted by atomic mass is 10.1. The molecule has 2 heterocycles. The first-order valence-corrected chi connectivity index (χ1v) is 6.79. The summed E-state index contributed by atoms with van der Waals surface area (Å²) in [5.41, 5.74) is 2.42. The number of hydrogen-bond acceptors (Lipinski definition) is 3. The van der Waals surface area contributed by atoms with Crippen molar-refractivity contribution < 1.29 is 5.11 Å². The molecule has 1 aromatic carbocycles. The number of aliphatic hydroxyl groups excluding tert-OH is 1. The molecule has 100 valence electrons. The van der Waals surface area contributed by atoms with Crippen LogP contribution < -0.4 is 0 Å². The first kappa shape index (κ1) is 12.4. The van der Waals surface area contributed by atoms with Gasteiger partial charge in [0.05, 0.1) is 12.9 Å². The molecule has 2 aromatic rings. The van der Waals surface area contributed by atoms with Crippen LogP contribution in [0.2, 0.25) is 0 Å². The number of aromatic nitrogens is 2. The first-order valence-electron chi connectivity index (χ1n) is 6.79. The van der Waals surface area contributed by atoms with E-state index in [2.05, 4.69) is 34.1 Å². The highest BCUT2D eigenvalue weighted by atomic mass is 16.3. The Kier molecular flexibility index (Phi) is 3.62. The van der Waals surface area contributed by atoms with Crippen LogP contribution in [0.15, 0.2) is 43.0 Å². The average molecular weight is 257 g/mol. The van der Waals surface area contributed by atoms with Crippen LogP contribution in [0.5, 0.6) is 0 Å². The SMILES string of the molecule is OC[C@H]1CCCN1Cc1ccc(-n2ccnc2)cc1. The molecule has 0 radical (unpaired) electrons. The Morgan fingerprint density at radius 1 is 1.26 bits per heavy atom. The molecule has 0 spiro atoms. The summed E-state index contributed by atoms with van der Waals surface area (Å²) in [6.45, 7) is 2.29. The lowest BCUT2D eigenvalue weighted by molar-refractivity contribution is 0.153. The summed E-state index contributed by atoms with van der Waals surface area (Å²) in [6, 6.07) is 8.88. The molecular weight excluding hydrogens is 238 g/mol. The van der Waals surface area contributed by atoms with E-state index in [1.807, 2.05) is 10.8 Å². The number of benzene rings is 1. The zero-order valence-corrected chi connectivity index (χ0v) is 10.9. The van der Waals surface area contributed by atoms with E-state index in [-0.39, 0.29) is 6.61 Å². The Bertz CT molecular complexity index is 507. The summed E-state index contributed by atoms with van der Waals surface area (Å²) in [5, 5.41) is 9.33. The van der Waals surface area contributed by atoms with Crippen molar-refractivity contribution in [2.24, 2.45) is 0 Å². The lowest BCUT2D eigenvalue weighted by Gasteiger charge is -2.22. The third-order valence-corrected chi connectivity index (χ3v) is 3.83. The number of rotatable bonds is 4. The molecule has 1 fully saturated rings. The predicted octanol–water partition coefficient (Wildman–Crippen LogP) is 1.83. The first-order chi connectivity index (χ1) is 9.36. The van der Waals surface area contributed by atoms with Gasteiger partial charge in [0.25, 0.3) is 0 Å². The molecule has 1 N–H and O–H groups in total. The zero-order chi connectivity index (χ0) is 13.1. The quantitative estimate of drug-likeness (QED) is 0.908. The van der Waals surface area contributed by atoms with Gasteiger partial charge in [-0.15, -0.1) is 0 Å². The van der Waals surface area contributed by atoms with Crippen LogP contribution >= 0.6 is 0 Å². The third-order valence-electron chi connectivity index (χ3n) is 3.83. The van der Waals surface area contributed by atoms with Crippen molar-refractivity contribution >= 4 is 0 Å². The Morgan fingerprint density at radius 2 is 2.11 bits per heavy atom. The van der Waals surface area contributed by atoms with Gasteiger partial charge in [0, 0.05) is 30.7 Å². The number of hydrogen-bond donors (Lipinski definition) is 1. The summed E-state index contributed by atoms with van der Waals surface area (Å²) >= 11 is 0. The molecule has 3 rings (SSSR count). The molecule has 1 aliphatic heterocycles. The van der Waals surface area contributed by atoms with E-state index in [0.29, 0.717) is 6.04 Å². The third kappa shape index (κ3) is 2.69. The summed E-state index contributed by atoms with van der Waals surface area (Å²) in [6.07, 6.45) is 7.83. The second kappa shape index (κ2) is 5.55. The normalized spacial score (nSPS) is 19.9. The second-order valence-corrected chi connectivity index (χ2v) is 5.09. The molecule has 0 bridgehead atoms. The minimum Gasteiger partial charge on any atom is -0.395 e. The number of likely N-dealkylation sites (tertiary alicyclic amines) is 1. The van der Waals surface area contributed by atoms with Crippen LogP contribution in [-0.2, 0) is 6.54 Å². The van der Waals surface area contributed by atoms with E-state index < -0.39 is 0 Å². The number of imidazole rings is 1. The van der Waals surface area contributed by atoms with Gasteiger partial charge in [0.2, 0.25) is 0 Å². The van der Waals surface area contributed by atoms with Gasteiger partial charge in [0.15, 0.2) is 0 Å². The van der Waals surface area contributed by atoms with Crippen LogP contribution in [0.3, 0.4) is 0 Å². The maximum Gasteiger partial charge on any atom is 0.0991 e. The van der Waals surface area contributed by atoms with Gasteiger partial charge in [-0.3, -0.25) is 4.90 Å². The molecule has 4 heteroatoms. The van der Waals surface area contributed by atoms with Gasteiger partial charge in [0.1, 0.15) is 0 Å². The van der Waals surface area contributed by atoms with E-state index in [9.17, 15) is 5.11 Å². The minimum atomic E-state index is 0.271. The van der Waals surface area contributed by atoms with E-state index in [4.69, 9.17) is 0 Å². The Balaban J connectivity index is 1.69. The molecule has 1 aromatic heterocycles. The molecule has 0 amide bonds. The molecule has 0 aliphatic carbocycles. The molecule has 0 saturated carbocycles. The van der Waals surface area contributed by atoms with E-state index in [1.165, 1.54) is 12.0 Å². The van der Waals surface area contributed by atoms with Crippen molar-refractivity contribution in [1.82, 2.24) is 14.5 Å². The summed E-state index contributed by atoms with van der Waals surface area (Å²) < 4.78 is 2.00. The molecule has 19 heavy (non-hydrogen) atoms. The fourth-order valence-electron chi connectivity index (χ4n) is 2.73. The standard InChI is InChI=1S/C15H19N3O/c19-11-15-2-1-8-17(15)10-13-3-5-14(6-4-13)18-9-7-16-12-18/h3-7,9,12,15,19H,1-2,8,10-11H2/t15-/m1/s1. The van der Waals surface area contributed by atoms with Gasteiger partial charge in [-0.1, -0.05) is 12.1 Å². The van der Waals surface area contributed by atoms with Gasteiger partial charge in [-0.2, -0.15) is 0 Å². The van der Waals surface area contributed by atoms with Crippen molar-refractivity contribution in [3.05, 3.63) is 48.5 Å². The molecule has 4 nitrogen and oxygen atoms in total. The maximum absolute atomic E-state index is 9.33. The summed E-state index contributed by atoms with van der Waals surface area (Å²) in [5.74, 6) is 0. The maximum atomic E-state index is 9.33. The second-order valence-electron chi connectivity index (χ2n) is 5.09. The zero-order valence-electron chi connectivity index (χ0n) is 10.9. The highest BCUT2D eigenvalue weighted by molar-refractivity contribution is 5.34. The predicted molar refractivity (Wildman–Crippen MR) is 74.1 cm³/mol. The average Bonchev–Trinajstić information content (AvgIpc) is 3.10. The van der Waals surface area contributed by atoms with E-state index in [0.717, 1.165) is 25.2 Å². The monoisotopic (exact) mass is 257 g/mol. The highest BCUT2D eigenvalue weighted by Gasteiger charge is 2.23. The van der Waals surface area contributed by atoms with Crippen LogP contribution in [0.25, 0.3) is 5.69 Å². The summed E-state index contributed by atoms with van der Waals surface area (Å²) in [4.78, 5) is 6.42. The van der Waals surface area contributed by atoms with E-state index in [1.54, 1.807) is 12.5 Å². The van der Waals surface area contributed by atoms with Crippen LogP contribution in [-0.4, -0.2) is 38.8 Å². The molecule has 1 saturated heterocycles. The fourth-order valence-corrected chi connectivity index (χ4v) is 2.73. The molecule has 1 atom stereocenters. The topological polar surface area (TPSA) is 41.3 Å². The highest BCUT2D eigenvalue weighted by Crippen LogP contribution is 2.20. The Labute approximate surface area is 113 Å². The van der Waals surface area contributed by atoms with Crippen molar-refractivity contribution in [1.29, 1.82) is 0 Å². The lowest BCUT2D eigenvalue weighted by Crippen LogP contribution is -2.31. The van der Waals surface area contributed by atoms with Gasteiger partial charge < -0.3 is 9.67 Å². The number of aliphatic hydroxyl groups is 1. The Morgan fingerprint density at radius 3 is 2.79 bits per heavy atom. The molecule has 1 aliphatic rings. The van der Waals surface area contributed by atoms with E-state index >= 15 is 0 Å².